The smallest absolute Gasteiger partial charge is 0.224 e. The highest BCUT2D eigenvalue weighted by Gasteiger charge is 2.33. The van der Waals surface area contributed by atoms with Crippen LogP contribution in [0.2, 0.25) is 0 Å². The quantitative estimate of drug-likeness (QED) is 0.852. The molecule has 4 atom stereocenters. The van der Waals surface area contributed by atoms with Gasteiger partial charge in [0.2, 0.25) is 5.91 Å². The minimum atomic E-state index is -0.243. The topological polar surface area (TPSA) is 58.4 Å². The number of piperidine rings is 1. The highest BCUT2D eigenvalue weighted by molar-refractivity contribution is 5.85. The zero-order chi connectivity index (χ0) is 15.5. The number of amides is 1. The van der Waals surface area contributed by atoms with Crippen molar-refractivity contribution in [2.75, 3.05) is 13.1 Å². The lowest BCUT2D eigenvalue weighted by Crippen LogP contribution is -2.49. The van der Waals surface area contributed by atoms with Gasteiger partial charge in [0, 0.05) is 24.7 Å². The molecule has 1 aromatic carbocycles. The molecule has 2 aliphatic heterocycles. The number of rotatable bonds is 4. The second-order valence-corrected chi connectivity index (χ2v) is 6.79. The van der Waals surface area contributed by atoms with Crippen LogP contribution in [0.15, 0.2) is 30.3 Å². The van der Waals surface area contributed by atoms with Crippen LogP contribution >= 0.6 is 24.8 Å². The maximum Gasteiger partial charge on any atom is 0.224 e. The third-order valence-electron chi connectivity index (χ3n) is 5.30. The summed E-state index contributed by atoms with van der Waals surface area (Å²) in [4.78, 5) is 15.1. The standard InChI is InChI=1S/C18H27N3O.2ClH/c1-13(17(19)14-6-3-2-4-7-14)18(22)20-15-9-11-21-10-5-8-16(21)12-15;;/h2-4,6-7,13,15-17H,5,8-12,19H2,1H3,(H,20,22);2*1H. The van der Waals surface area contributed by atoms with E-state index in [9.17, 15) is 4.79 Å². The lowest BCUT2D eigenvalue weighted by Gasteiger charge is -2.35. The van der Waals surface area contributed by atoms with E-state index in [-0.39, 0.29) is 42.7 Å². The number of nitrogens with two attached hydrogens (primary N) is 1. The molecule has 0 aromatic heterocycles. The Morgan fingerprint density at radius 1 is 1.21 bits per heavy atom. The third-order valence-corrected chi connectivity index (χ3v) is 5.30. The average molecular weight is 374 g/mol. The molecule has 4 nitrogen and oxygen atoms in total. The molecule has 1 aromatic rings. The number of carbonyl (C=O) groups excluding carboxylic acids is 1. The maximum atomic E-state index is 12.5. The zero-order valence-electron chi connectivity index (χ0n) is 14.2. The number of hydrogen-bond donors (Lipinski definition) is 2. The molecule has 2 aliphatic rings. The minimum absolute atomic E-state index is 0. The fourth-order valence-corrected chi connectivity index (χ4v) is 3.82. The summed E-state index contributed by atoms with van der Waals surface area (Å²) in [5.74, 6) is -0.114. The molecule has 0 aliphatic carbocycles. The first kappa shape index (κ1) is 21.2. The summed E-state index contributed by atoms with van der Waals surface area (Å²) in [6, 6.07) is 10.6. The zero-order valence-corrected chi connectivity index (χ0v) is 15.8. The molecule has 2 heterocycles. The van der Waals surface area contributed by atoms with Crippen LogP contribution in [-0.2, 0) is 4.79 Å². The molecule has 0 bridgehead atoms. The summed E-state index contributed by atoms with van der Waals surface area (Å²) in [5, 5.41) is 3.24. The van der Waals surface area contributed by atoms with Crippen molar-refractivity contribution in [1.29, 1.82) is 0 Å². The fourth-order valence-electron chi connectivity index (χ4n) is 3.82. The van der Waals surface area contributed by atoms with Gasteiger partial charge in [0.05, 0.1) is 5.92 Å². The van der Waals surface area contributed by atoms with E-state index < -0.39 is 0 Å². The third kappa shape index (κ3) is 4.85. The molecule has 6 heteroatoms. The predicted octanol–water partition coefficient (Wildman–Crippen LogP) is 2.91. The molecule has 0 spiro atoms. The Morgan fingerprint density at radius 2 is 1.92 bits per heavy atom. The van der Waals surface area contributed by atoms with E-state index in [4.69, 9.17) is 5.73 Å². The van der Waals surface area contributed by atoms with Gasteiger partial charge in [0.1, 0.15) is 0 Å². The van der Waals surface area contributed by atoms with Crippen molar-refractivity contribution in [3.8, 4) is 0 Å². The summed E-state index contributed by atoms with van der Waals surface area (Å²) in [6.45, 7) is 4.28. The summed E-state index contributed by atoms with van der Waals surface area (Å²) in [5.41, 5.74) is 7.28. The van der Waals surface area contributed by atoms with Gasteiger partial charge in [-0.1, -0.05) is 37.3 Å². The highest BCUT2D eigenvalue weighted by atomic mass is 35.5. The van der Waals surface area contributed by atoms with E-state index >= 15 is 0 Å². The van der Waals surface area contributed by atoms with E-state index in [1.807, 2.05) is 37.3 Å². The van der Waals surface area contributed by atoms with Crippen LogP contribution in [0.25, 0.3) is 0 Å². The van der Waals surface area contributed by atoms with E-state index in [1.165, 1.54) is 19.4 Å². The molecule has 136 valence electrons. The number of fused-ring (bicyclic) bond motifs is 1. The molecule has 24 heavy (non-hydrogen) atoms. The van der Waals surface area contributed by atoms with Crippen molar-refractivity contribution in [2.24, 2.45) is 11.7 Å². The molecule has 1 amide bonds. The molecule has 3 rings (SSSR count). The van der Waals surface area contributed by atoms with Crippen molar-refractivity contribution in [3.63, 3.8) is 0 Å². The first-order valence-electron chi connectivity index (χ1n) is 8.50. The maximum absolute atomic E-state index is 12.5. The van der Waals surface area contributed by atoms with Crippen LogP contribution in [-0.4, -0.2) is 36.0 Å². The van der Waals surface area contributed by atoms with Crippen molar-refractivity contribution in [2.45, 2.75) is 50.7 Å². The molecule has 2 saturated heterocycles. The van der Waals surface area contributed by atoms with Crippen molar-refractivity contribution < 1.29 is 4.79 Å². The van der Waals surface area contributed by atoms with Gasteiger partial charge < -0.3 is 16.0 Å². The second-order valence-electron chi connectivity index (χ2n) is 6.79. The van der Waals surface area contributed by atoms with Gasteiger partial charge in [-0.05, 0) is 37.8 Å². The van der Waals surface area contributed by atoms with Crippen LogP contribution in [0.3, 0.4) is 0 Å². The average Bonchev–Trinajstić information content (AvgIpc) is 3.02. The number of nitrogens with zero attached hydrogens (tertiary/aromatic N) is 1. The molecular formula is C18H29Cl2N3O. The SMILES string of the molecule is CC(C(=O)NC1CCN2CCCC2C1)C(N)c1ccccc1.Cl.Cl. The van der Waals surface area contributed by atoms with Crippen LogP contribution in [0.1, 0.15) is 44.2 Å². The Kier molecular flexibility index (Phi) is 8.51. The van der Waals surface area contributed by atoms with Crippen LogP contribution < -0.4 is 11.1 Å². The summed E-state index contributed by atoms with van der Waals surface area (Å²) >= 11 is 0. The van der Waals surface area contributed by atoms with Crippen molar-refractivity contribution in [1.82, 2.24) is 10.2 Å². The number of hydrogen-bond acceptors (Lipinski definition) is 3. The number of benzene rings is 1. The number of carbonyl (C=O) groups is 1. The lowest BCUT2D eigenvalue weighted by molar-refractivity contribution is -0.126. The Balaban J connectivity index is 0.00000144. The molecule has 0 radical (unpaired) electrons. The first-order valence-corrected chi connectivity index (χ1v) is 8.50. The first-order chi connectivity index (χ1) is 10.6. The monoisotopic (exact) mass is 373 g/mol. The van der Waals surface area contributed by atoms with Gasteiger partial charge in [0.15, 0.2) is 0 Å². The Labute approximate surface area is 157 Å². The fraction of sp³-hybridized carbons (Fsp3) is 0.611. The summed E-state index contributed by atoms with van der Waals surface area (Å²) < 4.78 is 0. The van der Waals surface area contributed by atoms with Gasteiger partial charge in [-0.3, -0.25) is 4.79 Å². The molecular weight excluding hydrogens is 345 g/mol. The second kappa shape index (κ2) is 9.62. The van der Waals surface area contributed by atoms with Gasteiger partial charge >= 0.3 is 0 Å². The number of halogens is 2. The molecule has 3 N–H and O–H groups in total. The largest absolute Gasteiger partial charge is 0.353 e. The van der Waals surface area contributed by atoms with Gasteiger partial charge in [-0.25, -0.2) is 0 Å². The Morgan fingerprint density at radius 3 is 2.62 bits per heavy atom. The van der Waals surface area contributed by atoms with E-state index in [0.29, 0.717) is 12.1 Å². The molecule has 0 saturated carbocycles. The minimum Gasteiger partial charge on any atom is -0.353 e. The van der Waals surface area contributed by atoms with Crippen molar-refractivity contribution >= 4 is 30.7 Å². The normalized spacial score (nSPS) is 25.6. The summed E-state index contributed by atoms with van der Waals surface area (Å²) in [7, 11) is 0. The van der Waals surface area contributed by atoms with Crippen LogP contribution in [0, 0.1) is 5.92 Å². The Hall–Kier alpha value is -0.810. The molecule has 4 unspecified atom stereocenters. The van der Waals surface area contributed by atoms with Crippen LogP contribution in [0.4, 0.5) is 0 Å². The highest BCUT2D eigenvalue weighted by Crippen LogP contribution is 2.27. The van der Waals surface area contributed by atoms with Gasteiger partial charge in [-0.15, -0.1) is 24.8 Å². The predicted molar refractivity (Wildman–Crippen MR) is 103 cm³/mol. The van der Waals surface area contributed by atoms with Crippen molar-refractivity contribution in [3.05, 3.63) is 35.9 Å². The van der Waals surface area contributed by atoms with Gasteiger partial charge in [-0.2, -0.15) is 0 Å². The van der Waals surface area contributed by atoms with Gasteiger partial charge in [0.25, 0.3) is 0 Å². The van der Waals surface area contributed by atoms with E-state index in [2.05, 4.69) is 10.2 Å². The summed E-state index contributed by atoms with van der Waals surface area (Å²) in [6.07, 6.45) is 4.75. The van der Waals surface area contributed by atoms with E-state index in [0.717, 1.165) is 24.9 Å². The molecule has 2 fully saturated rings. The number of nitrogens with one attached hydrogen (secondary N) is 1. The van der Waals surface area contributed by atoms with E-state index in [1.54, 1.807) is 0 Å². The lowest BCUT2D eigenvalue weighted by atomic mass is 9.93. The Bertz CT molecular complexity index is 514. The van der Waals surface area contributed by atoms with Crippen LogP contribution in [0.5, 0.6) is 0 Å².